The molecule has 1 unspecified atom stereocenters. The third kappa shape index (κ3) is 5.05. The molecule has 1 heterocycles. The fraction of sp³-hybridized carbons (Fsp3) is 0.462. The zero-order valence-corrected chi connectivity index (χ0v) is 10.1. The summed E-state index contributed by atoms with van der Waals surface area (Å²) in [4.78, 5) is 4.29. The largest absolute Gasteiger partial charge is 0.376 e. The Balaban J connectivity index is 2.16. The van der Waals surface area contributed by atoms with Crippen molar-refractivity contribution in [1.82, 2.24) is 10.3 Å². The van der Waals surface area contributed by atoms with Crippen LogP contribution >= 0.6 is 0 Å². The van der Waals surface area contributed by atoms with Crippen molar-refractivity contribution < 1.29 is 4.74 Å². The molecule has 1 aromatic heterocycles. The van der Waals surface area contributed by atoms with Gasteiger partial charge in [0.25, 0.3) is 0 Å². The molecule has 1 N–H and O–H groups in total. The lowest BCUT2D eigenvalue weighted by Gasteiger charge is -2.13. The van der Waals surface area contributed by atoms with E-state index in [1.165, 1.54) is 0 Å². The van der Waals surface area contributed by atoms with Crippen molar-refractivity contribution in [2.45, 2.75) is 19.9 Å². The Morgan fingerprint density at radius 2 is 2.38 bits per heavy atom. The molecule has 0 aromatic carbocycles. The first kappa shape index (κ1) is 12.9. The Hall–Kier alpha value is -1.19. The van der Waals surface area contributed by atoms with Crippen LogP contribution in [0.25, 0.3) is 0 Å². The summed E-state index contributed by atoms with van der Waals surface area (Å²) in [5.41, 5.74) is 2.11. The summed E-state index contributed by atoms with van der Waals surface area (Å²) >= 11 is 0. The molecule has 0 amide bonds. The van der Waals surface area contributed by atoms with Gasteiger partial charge in [-0.15, -0.1) is 0 Å². The highest BCUT2D eigenvalue weighted by atomic mass is 16.5. The zero-order chi connectivity index (χ0) is 11.8. The van der Waals surface area contributed by atoms with Crippen LogP contribution in [0.15, 0.2) is 36.5 Å². The molecule has 3 heteroatoms. The van der Waals surface area contributed by atoms with Gasteiger partial charge in [0.05, 0.1) is 18.9 Å². The van der Waals surface area contributed by atoms with Crippen molar-refractivity contribution in [3.8, 4) is 0 Å². The van der Waals surface area contributed by atoms with Gasteiger partial charge in [-0.05, 0) is 26.0 Å². The van der Waals surface area contributed by atoms with Gasteiger partial charge in [-0.25, -0.2) is 0 Å². The normalized spacial score (nSPS) is 12.4. The lowest BCUT2D eigenvalue weighted by molar-refractivity contribution is 0.155. The van der Waals surface area contributed by atoms with Crippen LogP contribution in [0.3, 0.4) is 0 Å². The summed E-state index contributed by atoms with van der Waals surface area (Å²) in [6.07, 6.45) is 1.81. The number of hydrogen-bond donors (Lipinski definition) is 1. The number of aromatic nitrogens is 1. The van der Waals surface area contributed by atoms with E-state index in [0.717, 1.165) is 17.8 Å². The average Bonchev–Trinajstić information content (AvgIpc) is 2.29. The first-order valence-electron chi connectivity index (χ1n) is 5.56. The Morgan fingerprint density at radius 1 is 1.56 bits per heavy atom. The fourth-order valence-corrected chi connectivity index (χ4v) is 1.33. The predicted octanol–water partition coefficient (Wildman–Crippen LogP) is 2.32. The van der Waals surface area contributed by atoms with E-state index in [-0.39, 0.29) is 6.04 Å². The Bertz CT molecular complexity index is 311. The van der Waals surface area contributed by atoms with E-state index in [1.807, 2.05) is 31.3 Å². The molecule has 0 spiro atoms. The van der Waals surface area contributed by atoms with Gasteiger partial charge in [0.2, 0.25) is 0 Å². The molecule has 0 saturated carbocycles. The molecule has 0 bridgehead atoms. The van der Waals surface area contributed by atoms with Gasteiger partial charge in [0, 0.05) is 18.8 Å². The molecule has 1 aromatic rings. The van der Waals surface area contributed by atoms with E-state index in [2.05, 4.69) is 23.8 Å². The van der Waals surface area contributed by atoms with Crippen molar-refractivity contribution in [1.29, 1.82) is 0 Å². The van der Waals surface area contributed by atoms with Crippen LogP contribution in [0, 0.1) is 0 Å². The van der Waals surface area contributed by atoms with Gasteiger partial charge in [0.15, 0.2) is 0 Å². The summed E-state index contributed by atoms with van der Waals surface area (Å²) < 4.78 is 5.40. The number of hydrogen-bond acceptors (Lipinski definition) is 3. The van der Waals surface area contributed by atoms with Crippen molar-refractivity contribution in [2.75, 3.05) is 19.8 Å². The number of pyridine rings is 1. The minimum absolute atomic E-state index is 0.259. The maximum absolute atomic E-state index is 5.40. The maximum Gasteiger partial charge on any atom is 0.0672 e. The second-order valence-electron chi connectivity index (χ2n) is 3.94. The molecule has 0 fully saturated rings. The SMILES string of the molecule is C=C(C)COCCNC(C)c1ccccn1. The van der Waals surface area contributed by atoms with Gasteiger partial charge in [-0.2, -0.15) is 0 Å². The molecule has 0 aliphatic heterocycles. The minimum atomic E-state index is 0.259. The van der Waals surface area contributed by atoms with Gasteiger partial charge in [-0.1, -0.05) is 18.2 Å². The van der Waals surface area contributed by atoms with Crippen LogP contribution in [0.2, 0.25) is 0 Å². The van der Waals surface area contributed by atoms with Crippen LogP contribution in [0.5, 0.6) is 0 Å². The molecule has 0 radical (unpaired) electrons. The van der Waals surface area contributed by atoms with E-state index in [9.17, 15) is 0 Å². The van der Waals surface area contributed by atoms with E-state index >= 15 is 0 Å². The van der Waals surface area contributed by atoms with Crippen molar-refractivity contribution in [2.24, 2.45) is 0 Å². The standard InChI is InChI=1S/C13H20N2O/c1-11(2)10-16-9-8-14-12(3)13-6-4-5-7-15-13/h4-7,12,14H,1,8-10H2,2-3H3. The van der Waals surface area contributed by atoms with Gasteiger partial charge < -0.3 is 10.1 Å². The molecule has 16 heavy (non-hydrogen) atoms. The number of nitrogens with one attached hydrogen (secondary N) is 1. The molecule has 0 aliphatic carbocycles. The molecule has 0 aliphatic rings. The topological polar surface area (TPSA) is 34.1 Å². The van der Waals surface area contributed by atoms with Crippen molar-refractivity contribution >= 4 is 0 Å². The fourth-order valence-electron chi connectivity index (χ4n) is 1.33. The van der Waals surface area contributed by atoms with Crippen LogP contribution in [-0.4, -0.2) is 24.7 Å². The summed E-state index contributed by atoms with van der Waals surface area (Å²) in [5, 5.41) is 3.36. The molecule has 0 saturated heterocycles. The summed E-state index contributed by atoms with van der Waals surface area (Å²) in [5.74, 6) is 0. The predicted molar refractivity (Wildman–Crippen MR) is 66.3 cm³/mol. The molecule has 3 nitrogen and oxygen atoms in total. The molecule has 1 atom stereocenters. The van der Waals surface area contributed by atoms with Gasteiger partial charge >= 0.3 is 0 Å². The third-order valence-corrected chi connectivity index (χ3v) is 2.18. The lowest BCUT2D eigenvalue weighted by atomic mass is 10.2. The highest BCUT2D eigenvalue weighted by molar-refractivity contribution is 5.07. The minimum Gasteiger partial charge on any atom is -0.376 e. The van der Waals surface area contributed by atoms with E-state index < -0.39 is 0 Å². The second-order valence-corrected chi connectivity index (χ2v) is 3.94. The van der Waals surface area contributed by atoms with E-state index in [1.54, 1.807) is 0 Å². The third-order valence-electron chi connectivity index (χ3n) is 2.18. The van der Waals surface area contributed by atoms with Crippen molar-refractivity contribution in [3.05, 3.63) is 42.2 Å². The summed E-state index contributed by atoms with van der Waals surface area (Å²) in [6.45, 7) is 10.0. The van der Waals surface area contributed by atoms with E-state index in [0.29, 0.717) is 13.2 Å². The Morgan fingerprint density at radius 3 is 3.00 bits per heavy atom. The maximum atomic E-state index is 5.40. The summed E-state index contributed by atoms with van der Waals surface area (Å²) in [7, 11) is 0. The summed E-state index contributed by atoms with van der Waals surface area (Å²) in [6, 6.07) is 6.20. The number of rotatable bonds is 7. The smallest absolute Gasteiger partial charge is 0.0672 e. The quantitative estimate of drug-likeness (QED) is 0.565. The highest BCUT2D eigenvalue weighted by Gasteiger charge is 2.03. The molecule has 1 rings (SSSR count). The Kier molecular flexibility index (Phi) is 5.75. The average molecular weight is 220 g/mol. The second kappa shape index (κ2) is 7.14. The van der Waals surface area contributed by atoms with Gasteiger partial charge in [-0.3, -0.25) is 4.98 Å². The van der Waals surface area contributed by atoms with Crippen LogP contribution < -0.4 is 5.32 Å². The molecule has 88 valence electrons. The first-order valence-corrected chi connectivity index (χ1v) is 5.56. The van der Waals surface area contributed by atoms with Crippen LogP contribution in [0.1, 0.15) is 25.6 Å². The zero-order valence-electron chi connectivity index (χ0n) is 10.1. The highest BCUT2D eigenvalue weighted by Crippen LogP contribution is 2.06. The van der Waals surface area contributed by atoms with Crippen molar-refractivity contribution in [3.63, 3.8) is 0 Å². The van der Waals surface area contributed by atoms with Crippen LogP contribution in [-0.2, 0) is 4.74 Å². The first-order chi connectivity index (χ1) is 7.70. The monoisotopic (exact) mass is 220 g/mol. The van der Waals surface area contributed by atoms with E-state index in [4.69, 9.17) is 4.74 Å². The number of ether oxygens (including phenoxy) is 1. The van der Waals surface area contributed by atoms with Crippen LogP contribution in [0.4, 0.5) is 0 Å². The lowest BCUT2D eigenvalue weighted by Crippen LogP contribution is -2.24. The Labute approximate surface area is 97.5 Å². The van der Waals surface area contributed by atoms with Gasteiger partial charge in [0.1, 0.15) is 0 Å². The number of nitrogens with zero attached hydrogens (tertiary/aromatic N) is 1. The molecular weight excluding hydrogens is 200 g/mol. The molecular formula is C13H20N2O.